The molecular weight excluding hydrogens is 269 g/mol. The summed E-state index contributed by atoms with van der Waals surface area (Å²) in [6.45, 7) is 0.988. The summed E-state index contributed by atoms with van der Waals surface area (Å²) in [5.41, 5.74) is 0.853. The van der Waals surface area contributed by atoms with Gasteiger partial charge in [-0.05, 0) is 25.0 Å². The molecule has 0 amide bonds. The fourth-order valence-corrected chi connectivity index (χ4v) is 2.98. The molecule has 1 fully saturated rings. The second kappa shape index (κ2) is 6.14. The predicted octanol–water partition coefficient (Wildman–Crippen LogP) is 4.35. The third-order valence-corrected chi connectivity index (χ3v) is 4.67. The number of nitrogens with one attached hydrogen (secondary N) is 1. The lowest BCUT2D eigenvalue weighted by atomic mass is 9.74. The summed E-state index contributed by atoms with van der Waals surface area (Å²) in [7, 11) is 0. The molecule has 1 aromatic carbocycles. The van der Waals surface area contributed by atoms with Crippen LogP contribution in [0.2, 0.25) is 10.0 Å². The first-order valence-electron chi connectivity index (χ1n) is 6.46. The van der Waals surface area contributed by atoms with Gasteiger partial charge in [0.25, 0.3) is 0 Å². The minimum Gasteiger partial charge on any atom is -0.396 e. The summed E-state index contributed by atoms with van der Waals surface area (Å²) in [5.74, 6) is 0. The van der Waals surface area contributed by atoms with Gasteiger partial charge in [0.15, 0.2) is 0 Å². The highest BCUT2D eigenvalue weighted by atomic mass is 35.5. The molecule has 0 heterocycles. The number of halogens is 2. The van der Waals surface area contributed by atoms with Crippen LogP contribution >= 0.6 is 23.2 Å². The van der Waals surface area contributed by atoms with E-state index >= 15 is 0 Å². The number of aliphatic hydroxyl groups is 1. The quantitative estimate of drug-likeness (QED) is 0.863. The van der Waals surface area contributed by atoms with E-state index in [1.807, 2.05) is 12.1 Å². The van der Waals surface area contributed by atoms with Crippen molar-refractivity contribution in [2.24, 2.45) is 5.41 Å². The van der Waals surface area contributed by atoms with Crippen molar-refractivity contribution in [2.45, 2.75) is 32.1 Å². The second-order valence-corrected chi connectivity index (χ2v) is 5.96. The first-order valence-corrected chi connectivity index (χ1v) is 7.21. The number of anilines is 1. The van der Waals surface area contributed by atoms with E-state index in [9.17, 15) is 5.11 Å². The van der Waals surface area contributed by atoms with Crippen molar-refractivity contribution in [3.63, 3.8) is 0 Å². The van der Waals surface area contributed by atoms with Gasteiger partial charge in [0, 0.05) is 12.0 Å². The molecule has 1 aromatic rings. The van der Waals surface area contributed by atoms with Crippen molar-refractivity contribution in [1.29, 1.82) is 0 Å². The topological polar surface area (TPSA) is 32.3 Å². The van der Waals surface area contributed by atoms with Gasteiger partial charge in [0.2, 0.25) is 0 Å². The Morgan fingerprint density at radius 3 is 2.56 bits per heavy atom. The van der Waals surface area contributed by atoms with Crippen molar-refractivity contribution >= 4 is 28.9 Å². The van der Waals surface area contributed by atoms with Crippen LogP contribution in [0.5, 0.6) is 0 Å². The number of benzene rings is 1. The molecule has 0 saturated heterocycles. The zero-order valence-corrected chi connectivity index (χ0v) is 11.9. The van der Waals surface area contributed by atoms with Crippen LogP contribution in [0.3, 0.4) is 0 Å². The molecule has 4 heteroatoms. The Hall–Kier alpha value is -0.440. The van der Waals surface area contributed by atoms with Gasteiger partial charge in [-0.1, -0.05) is 48.5 Å². The van der Waals surface area contributed by atoms with Gasteiger partial charge >= 0.3 is 0 Å². The maximum absolute atomic E-state index is 9.64. The van der Waals surface area contributed by atoms with E-state index in [0.717, 1.165) is 25.1 Å². The van der Waals surface area contributed by atoms with Gasteiger partial charge in [0.05, 0.1) is 22.3 Å². The Morgan fingerprint density at radius 2 is 1.89 bits per heavy atom. The van der Waals surface area contributed by atoms with Crippen molar-refractivity contribution in [3.05, 3.63) is 28.2 Å². The molecule has 0 aromatic heterocycles. The fraction of sp³-hybridized carbons (Fsp3) is 0.571. The standard InChI is InChI=1S/C14H19Cl2NO/c15-11-5-4-6-12(13(11)16)17-9-14(10-18)7-2-1-3-8-14/h4-6,17-18H,1-3,7-10H2. The molecular formula is C14H19Cl2NO. The van der Waals surface area contributed by atoms with E-state index in [4.69, 9.17) is 23.2 Å². The Kier molecular flexibility index (Phi) is 4.77. The van der Waals surface area contributed by atoms with Crippen LogP contribution in [-0.4, -0.2) is 18.3 Å². The van der Waals surface area contributed by atoms with Crippen molar-refractivity contribution < 1.29 is 5.11 Å². The molecule has 0 atom stereocenters. The average Bonchev–Trinajstić information content (AvgIpc) is 2.41. The van der Waals surface area contributed by atoms with E-state index in [0.29, 0.717) is 10.0 Å². The Morgan fingerprint density at radius 1 is 1.17 bits per heavy atom. The van der Waals surface area contributed by atoms with E-state index in [-0.39, 0.29) is 12.0 Å². The Balaban J connectivity index is 2.03. The summed E-state index contributed by atoms with van der Waals surface area (Å²) in [6.07, 6.45) is 5.83. The van der Waals surface area contributed by atoms with Gasteiger partial charge in [-0.25, -0.2) is 0 Å². The van der Waals surface area contributed by atoms with Gasteiger partial charge < -0.3 is 10.4 Å². The number of rotatable bonds is 4. The highest BCUT2D eigenvalue weighted by Gasteiger charge is 2.31. The third kappa shape index (κ3) is 3.11. The molecule has 2 N–H and O–H groups in total. The highest BCUT2D eigenvalue weighted by Crippen LogP contribution is 2.37. The highest BCUT2D eigenvalue weighted by molar-refractivity contribution is 6.43. The monoisotopic (exact) mass is 287 g/mol. The summed E-state index contributed by atoms with van der Waals surface area (Å²) < 4.78 is 0. The summed E-state index contributed by atoms with van der Waals surface area (Å²) >= 11 is 12.1. The largest absolute Gasteiger partial charge is 0.396 e. The molecule has 0 spiro atoms. The maximum Gasteiger partial charge on any atom is 0.0823 e. The Bertz CT molecular complexity index is 403. The van der Waals surface area contributed by atoms with Crippen LogP contribution in [0, 0.1) is 5.41 Å². The second-order valence-electron chi connectivity index (χ2n) is 5.17. The smallest absolute Gasteiger partial charge is 0.0823 e. The molecule has 0 unspecified atom stereocenters. The first-order chi connectivity index (χ1) is 8.67. The SMILES string of the molecule is OCC1(CNc2cccc(Cl)c2Cl)CCCCC1. The zero-order valence-electron chi connectivity index (χ0n) is 10.4. The summed E-state index contributed by atoms with van der Waals surface area (Å²) in [5, 5.41) is 14.1. The lowest BCUT2D eigenvalue weighted by Gasteiger charge is -2.36. The van der Waals surface area contributed by atoms with Gasteiger partial charge in [0.1, 0.15) is 0 Å². The molecule has 1 aliphatic rings. The van der Waals surface area contributed by atoms with E-state index in [1.165, 1.54) is 19.3 Å². The summed E-state index contributed by atoms with van der Waals surface area (Å²) in [6, 6.07) is 5.57. The fourth-order valence-electron chi connectivity index (χ4n) is 2.62. The van der Waals surface area contributed by atoms with Crippen LogP contribution in [0.4, 0.5) is 5.69 Å². The minimum atomic E-state index is 0.00387. The lowest BCUT2D eigenvalue weighted by Crippen LogP contribution is -2.35. The molecule has 1 saturated carbocycles. The van der Waals surface area contributed by atoms with Crippen LogP contribution in [0.15, 0.2) is 18.2 Å². The van der Waals surface area contributed by atoms with Crippen LogP contribution in [-0.2, 0) is 0 Å². The maximum atomic E-state index is 9.64. The molecule has 100 valence electrons. The lowest BCUT2D eigenvalue weighted by molar-refractivity contribution is 0.0944. The van der Waals surface area contributed by atoms with Gasteiger partial charge in [-0.2, -0.15) is 0 Å². The van der Waals surface area contributed by atoms with E-state index in [2.05, 4.69) is 5.32 Å². The van der Waals surface area contributed by atoms with Crippen LogP contribution < -0.4 is 5.32 Å². The van der Waals surface area contributed by atoms with E-state index in [1.54, 1.807) is 6.07 Å². The Labute approximate surface area is 118 Å². The normalized spacial score (nSPS) is 18.6. The molecule has 2 nitrogen and oxygen atoms in total. The van der Waals surface area contributed by atoms with Gasteiger partial charge in [-0.15, -0.1) is 0 Å². The van der Waals surface area contributed by atoms with Crippen LogP contribution in [0.25, 0.3) is 0 Å². The number of hydrogen-bond acceptors (Lipinski definition) is 2. The van der Waals surface area contributed by atoms with E-state index < -0.39 is 0 Å². The molecule has 0 bridgehead atoms. The zero-order chi connectivity index (χ0) is 13.0. The minimum absolute atomic E-state index is 0.00387. The molecule has 2 rings (SSSR count). The number of hydrogen-bond donors (Lipinski definition) is 2. The summed E-state index contributed by atoms with van der Waals surface area (Å²) in [4.78, 5) is 0. The number of aliphatic hydroxyl groups excluding tert-OH is 1. The molecule has 1 aliphatic carbocycles. The molecule has 0 radical (unpaired) electrons. The van der Waals surface area contributed by atoms with Crippen LogP contribution in [0.1, 0.15) is 32.1 Å². The van der Waals surface area contributed by atoms with Crippen molar-refractivity contribution in [3.8, 4) is 0 Å². The molecule has 18 heavy (non-hydrogen) atoms. The molecule has 0 aliphatic heterocycles. The predicted molar refractivity (Wildman–Crippen MR) is 77.6 cm³/mol. The third-order valence-electron chi connectivity index (χ3n) is 3.86. The van der Waals surface area contributed by atoms with Crippen molar-refractivity contribution in [2.75, 3.05) is 18.5 Å². The first kappa shape index (κ1) is 14.0. The van der Waals surface area contributed by atoms with Gasteiger partial charge in [-0.3, -0.25) is 0 Å². The van der Waals surface area contributed by atoms with Crippen molar-refractivity contribution in [1.82, 2.24) is 0 Å². The average molecular weight is 288 g/mol.